The third-order valence-corrected chi connectivity index (χ3v) is 4.07. The molecule has 0 spiro atoms. The smallest absolute Gasteiger partial charge is 0.106 e. The van der Waals surface area contributed by atoms with E-state index in [1.807, 2.05) is 49.4 Å². The lowest BCUT2D eigenvalue weighted by atomic mass is 9.98. The minimum atomic E-state index is -0.693. The summed E-state index contributed by atoms with van der Waals surface area (Å²) in [6.45, 7) is 1.98. The molecule has 0 aliphatic heterocycles. The van der Waals surface area contributed by atoms with Crippen LogP contribution in [0.1, 0.15) is 22.8 Å². The zero-order valence-corrected chi connectivity index (χ0v) is 11.7. The fourth-order valence-corrected chi connectivity index (χ4v) is 2.40. The summed E-state index contributed by atoms with van der Waals surface area (Å²) in [5.41, 5.74) is 2.65. The maximum atomic E-state index is 10.4. The fraction of sp³-hybridized carbons (Fsp3) is 0.143. The molecule has 0 saturated heterocycles. The molecule has 0 amide bonds. The van der Waals surface area contributed by atoms with Crippen LogP contribution in [0.4, 0.5) is 0 Å². The van der Waals surface area contributed by atoms with Gasteiger partial charge in [0.05, 0.1) is 5.02 Å². The van der Waals surface area contributed by atoms with Crippen LogP contribution < -0.4 is 0 Å². The molecule has 0 fully saturated rings. The average molecular weight is 312 g/mol. The molecule has 2 aromatic rings. The standard InChI is InChI=1S/C14H12BrClO/c1-9-5-2-3-6-10(9)14(17)11-7-4-8-12(15)13(11)16/h2-8,14,17H,1H3. The van der Waals surface area contributed by atoms with Gasteiger partial charge in [-0.2, -0.15) is 0 Å². The van der Waals surface area contributed by atoms with Crippen LogP contribution in [0.5, 0.6) is 0 Å². The van der Waals surface area contributed by atoms with Crippen molar-refractivity contribution in [3.63, 3.8) is 0 Å². The van der Waals surface area contributed by atoms with Gasteiger partial charge < -0.3 is 5.11 Å². The number of rotatable bonds is 2. The molecule has 0 bridgehead atoms. The van der Waals surface area contributed by atoms with Gasteiger partial charge in [0.25, 0.3) is 0 Å². The van der Waals surface area contributed by atoms with Gasteiger partial charge in [-0.1, -0.05) is 48.0 Å². The zero-order valence-electron chi connectivity index (χ0n) is 9.32. The molecule has 0 aromatic heterocycles. The monoisotopic (exact) mass is 310 g/mol. The summed E-state index contributed by atoms with van der Waals surface area (Å²) < 4.78 is 0.796. The van der Waals surface area contributed by atoms with Crippen LogP contribution in [-0.4, -0.2) is 5.11 Å². The van der Waals surface area contributed by atoms with Crippen molar-refractivity contribution in [1.29, 1.82) is 0 Å². The van der Waals surface area contributed by atoms with Gasteiger partial charge in [-0.25, -0.2) is 0 Å². The first-order valence-corrected chi connectivity index (χ1v) is 6.46. The molecule has 2 rings (SSSR count). The Kier molecular flexibility index (Phi) is 3.87. The lowest BCUT2D eigenvalue weighted by Gasteiger charge is -2.16. The minimum absolute atomic E-state index is 0.559. The molecule has 3 heteroatoms. The Morgan fingerprint density at radius 3 is 2.41 bits per heavy atom. The molecule has 1 unspecified atom stereocenters. The van der Waals surface area contributed by atoms with Gasteiger partial charge in [-0.15, -0.1) is 0 Å². The first-order valence-electron chi connectivity index (χ1n) is 5.28. The Labute approximate surface area is 114 Å². The minimum Gasteiger partial charge on any atom is -0.384 e. The van der Waals surface area contributed by atoms with Crippen molar-refractivity contribution in [2.24, 2.45) is 0 Å². The van der Waals surface area contributed by atoms with E-state index >= 15 is 0 Å². The second-order valence-electron chi connectivity index (χ2n) is 3.90. The zero-order chi connectivity index (χ0) is 12.4. The Hall–Kier alpha value is -0.830. The SMILES string of the molecule is Cc1ccccc1C(O)c1cccc(Br)c1Cl. The molecular weight excluding hydrogens is 300 g/mol. The van der Waals surface area contributed by atoms with Crippen molar-refractivity contribution in [2.45, 2.75) is 13.0 Å². The van der Waals surface area contributed by atoms with E-state index in [9.17, 15) is 5.11 Å². The number of aliphatic hydroxyl groups is 1. The van der Waals surface area contributed by atoms with Crippen molar-refractivity contribution < 1.29 is 5.11 Å². The second kappa shape index (κ2) is 5.21. The van der Waals surface area contributed by atoms with E-state index in [4.69, 9.17) is 11.6 Å². The summed E-state index contributed by atoms with van der Waals surface area (Å²) in [5, 5.41) is 10.9. The summed E-state index contributed by atoms with van der Waals surface area (Å²) in [6.07, 6.45) is -0.693. The molecule has 0 radical (unpaired) electrons. The van der Waals surface area contributed by atoms with Crippen LogP contribution in [0.3, 0.4) is 0 Å². The maximum absolute atomic E-state index is 10.4. The van der Waals surface area contributed by atoms with Gasteiger partial charge in [0, 0.05) is 10.0 Å². The maximum Gasteiger partial charge on any atom is 0.106 e. The molecule has 2 aromatic carbocycles. The number of aliphatic hydroxyl groups excluding tert-OH is 1. The highest BCUT2D eigenvalue weighted by molar-refractivity contribution is 9.10. The molecule has 0 heterocycles. The lowest BCUT2D eigenvalue weighted by Crippen LogP contribution is -2.02. The summed E-state index contributed by atoms with van der Waals surface area (Å²) >= 11 is 9.55. The average Bonchev–Trinajstić information content (AvgIpc) is 2.32. The highest BCUT2D eigenvalue weighted by atomic mass is 79.9. The van der Waals surface area contributed by atoms with E-state index in [2.05, 4.69) is 15.9 Å². The van der Waals surface area contributed by atoms with Crippen molar-refractivity contribution in [3.8, 4) is 0 Å². The van der Waals surface area contributed by atoms with Crippen molar-refractivity contribution in [1.82, 2.24) is 0 Å². The van der Waals surface area contributed by atoms with Gasteiger partial charge in [0.2, 0.25) is 0 Å². The van der Waals surface area contributed by atoms with E-state index in [0.717, 1.165) is 21.2 Å². The van der Waals surface area contributed by atoms with Crippen molar-refractivity contribution in [2.75, 3.05) is 0 Å². The fourth-order valence-electron chi connectivity index (χ4n) is 1.79. The molecule has 1 nitrogen and oxygen atoms in total. The van der Waals surface area contributed by atoms with Crippen LogP contribution in [-0.2, 0) is 0 Å². The number of benzene rings is 2. The van der Waals surface area contributed by atoms with E-state index in [-0.39, 0.29) is 0 Å². The first-order chi connectivity index (χ1) is 8.11. The van der Waals surface area contributed by atoms with Crippen LogP contribution in [0.2, 0.25) is 5.02 Å². The summed E-state index contributed by atoms with van der Waals surface area (Å²) in [7, 11) is 0. The molecule has 1 N–H and O–H groups in total. The van der Waals surface area contributed by atoms with Gasteiger partial charge in [0.1, 0.15) is 6.10 Å². The number of aryl methyl sites for hydroxylation is 1. The van der Waals surface area contributed by atoms with E-state index < -0.39 is 6.10 Å². The van der Waals surface area contributed by atoms with Crippen molar-refractivity contribution in [3.05, 3.63) is 68.7 Å². The summed E-state index contributed by atoms with van der Waals surface area (Å²) in [4.78, 5) is 0. The number of halogens is 2. The van der Waals surface area contributed by atoms with Crippen LogP contribution >= 0.6 is 27.5 Å². The normalized spacial score (nSPS) is 12.5. The van der Waals surface area contributed by atoms with E-state index in [1.54, 1.807) is 0 Å². The predicted molar refractivity (Wildman–Crippen MR) is 74.4 cm³/mol. The molecule has 17 heavy (non-hydrogen) atoms. The Morgan fingerprint density at radius 2 is 1.71 bits per heavy atom. The predicted octanol–water partition coefficient (Wildman–Crippen LogP) is 4.49. The van der Waals surface area contributed by atoms with Gasteiger partial charge in [-0.05, 0) is 40.0 Å². The quantitative estimate of drug-likeness (QED) is 0.866. The highest BCUT2D eigenvalue weighted by Crippen LogP contribution is 2.34. The number of hydrogen-bond donors (Lipinski definition) is 1. The van der Waals surface area contributed by atoms with Crippen LogP contribution in [0, 0.1) is 6.92 Å². The van der Waals surface area contributed by atoms with Gasteiger partial charge in [-0.3, -0.25) is 0 Å². The van der Waals surface area contributed by atoms with E-state index in [1.165, 1.54) is 0 Å². The molecule has 0 aliphatic rings. The third kappa shape index (κ3) is 2.54. The molecular formula is C14H12BrClO. The summed E-state index contributed by atoms with van der Waals surface area (Å²) in [6, 6.07) is 13.3. The molecule has 0 saturated carbocycles. The van der Waals surface area contributed by atoms with Crippen LogP contribution in [0.25, 0.3) is 0 Å². The Morgan fingerprint density at radius 1 is 1.06 bits per heavy atom. The van der Waals surface area contributed by atoms with Crippen LogP contribution in [0.15, 0.2) is 46.9 Å². The van der Waals surface area contributed by atoms with Crippen molar-refractivity contribution >= 4 is 27.5 Å². The lowest BCUT2D eigenvalue weighted by molar-refractivity contribution is 0.219. The molecule has 0 aliphatic carbocycles. The Bertz CT molecular complexity index is 539. The molecule has 1 atom stereocenters. The molecule has 88 valence electrons. The topological polar surface area (TPSA) is 20.2 Å². The summed E-state index contributed by atoms with van der Waals surface area (Å²) in [5.74, 6) is 0. The van der Waals surface area contributed by atoms with Gasteiger partial charge >= 0.3 is 0 Å². The highest BCUT2D eigenvalue weighted by Gasteiger charge is 2.16. The largest absolute Gasteiger partial charge is 0.384 e. The van der Waals surface area contributed by atoms with Gasteiger partial charge in [0.15, 0.2) is 0 Å². The Balaban J connectivity index is 2.48. The first kappa shape index (κ1) is 12.6. The number of hydrogen-bond acceptors (Lipinski definition) is 1. The van der Waals surface area contributed by atoms with E-state index in [0.29, 0.717) is 5.02 Å². The second-order valence-corrected chi connectivity index (χ2v) is 5.13. The third-order valence-electron chi connectivity index (χ3n) is 2.76.